The Morgan fingerprint density at radius 1 is 0.975 bits per heavy atom. The highest BCUT2D eigenvalue weighted by Crippen LogP contribution is 2.55. The number of amides is 1. The van der Waals surface area contributed by atoms with Crippen molar-refractivity contribution in [1.29, 1.82) is 0 Å². The van der Waals surface area contributed by atoms with E-state index in [2.05, 4.69) is 37.9 Å². The average Bonchev–Trinajstić information content (AvgIpc) is 3.35. The van der Waals surface area contributed by atoms with Gasteiger partial charge in [-0.25, -0.2) is 9.78 Å². The largest absolute Gasteiger partial charge is 0.478 e. The van der Waals surface area contributed by atoms with Gasteiger partial charge in [-0.15, -0.1) is 0 Å². The number of aryl methyl sites for hydroxylation is 1. The normalized spacial score (nSPS) is 20.1. The summed E-state index contributed by atoms with van der Waals surface area (Å²) in [4.78, 5) is 31.9. The van der Waals surface area contributed by atoms with Crippen LogP contribution in [0.25, 0.3) is 28.1 Å². The van der Waals surface area contributed by atoms with E-state index in [-0.39, 0.29) is 22.3 Å². The Morgan fingerprint density at radius 3 is 2.48 bits per heavy atom. The summed E-state index contributed by atoms with van der Waals surface area (Å²) in [5.41, 5.74) is 7.16. The molecule has 0 fully saturated rings. The molecule has 2 aliphatic rings. The van der Waals surface area contributed by atoms with E-state index in [1.54, 1.807) is 12.1 Å². The number of benzene rings is 3. The van der Waals surface area contributed by atoms with Gasteiger partial charge in [-0.1, -0.05) is 68.8 Å². The van der Waals surface area contributed by atoms with E-state index in [1.807, 2.05) is 66.4 Å². The molecule has 1 N–H and O–H groups in total. The molecule has 6 nitrogen and oxygen atoms in total. The molecule has 1 atom stereocenters. The fourth-order valence-corrected chi connectivity index (χ4v) is 6.53. The topological polar surface area (TPSA) is 83.6 Å². The number of carbonyl (C=O) groups excluding carboxylic acids is 1. The lowest BCUT2D eigenvalue weighted by Crippen LogP contribution is -2.48. The minimum atomic E-state index is -0.927. The number of carboxylic acids is 1. The van der Waals surface area contributed by atoms with Crippen LogP contribution >= 0.6 is 0 Å². The fourth-order valence-electron chi connectivity index (χ4n) is 6.53. The molecule has 1 aliphatic heterocycles. The van der Waals surface area contributed by atoms with Crippen LogP contribution in [0.15, 0.2) is 88.9 Å². The van der Waals surface area contributed by atoms with Crippen molar-refractivity contribution >= 4 is 28.5 Å². The smallest absolute Gasteiger partial charge is 0.335 e. The average molecular weight is 533 g/mol. The first kappa shape index (κ1) is 25.8. The van der Waals surface area contributed by atoms with Gasteiger partial charge in [0, 0.05) is 29.5 Å². The second-order valence-corrected chi connectivity index (χ2v) is 11.7. The molecule has 0 bridgehead atoms. The summed E-state index contributed by atoms with van der Waals surface area (Å²) in [6, 6.07) is 20.5. The SMILES string of the molecule is Cc1ccc2nc(-c3ccccc3C(=O)N3CC=C4C(C)(C)C(c5ccc(C(=O)O)cc5)=CC[C@]4(C)C3)oc2c1. The highest BCUT2D eigenvalue weighted by Gasteiger charge is 2.46. The van der Waals surface area contributed by atoms with Crippen molar-refractivity contribution in [1.82, 2.24) is 9.88 Å². The van der Waals surface area contributed by atoms with Gasteiger partial charge in [0.2, 0.25) is 5.89 Å². The Balaban J connectivity index is 1.30. The summed E-state index contributed by atoms with van der Waals surface area (Å²) in [6.45, 7) is 9.79. The number of aromatic nitrogens is 1. The van der Waals surface area contributed by atoms with Crippen LogP contribution in [0.5, 0.6) is 0 Å². The molecule has 1 aliphatic carbocycles. The van der Waals surface area contributed by atoms with Gasteiger partial charge < -0.3 is 14.4 Å². The predicted octanol–water partition coefficient (Wildman–Crippen LogP) is 7.40. The standard InChI is InChI=1S/C34H32N2O4/c1-21-9-14-27-28(19-21)40-30(35-27)24-7-5-6-8-25(24)31(37)36-18-16-29-33(2,3)26(15-17-34(29,4)20-36)22-10-12-23(13-11-22)32(38)39/h5-16,19H,17-18,20H2,1-4H3,(H,38,39)/t34-/m1/s1. The third-order valence-corrected chi connectivity index (χ3v) is 8.47. The maximum Gasteiger partial charge on any atom is 0.335 e. The van der Waals surface area contributed by atoms with Crippen LogP contribution in [0.2, 0.25) is 0 Å². The molecule has 6 rings (SSSR count). The number of rotatable bonds is 4. The molecule has 0 radical (unpaired) electrons. The molecule has 0 saturated heterocycles. The quantitative estimate of drug-likeness (QED) is 0.277. The summed E-state index contributed by atoms with van der Waals surface area (Å²) < 4.78 is 6.09. The maximum absolute atomic E-state index is 14.0. The van der Waals surface area contributed by atoms with E-state index < -0.39 is 5.97 Å². The van der Waals surface area contributed by atoms with Gasteiger partial charge in [0.25, 0.3) is 5.91 Å². The van der Waals surface area contributed by atoms with Gasteiger partial charge in [-0.3, -0.25) is 4.79 Å². The molecule has 1 aromatic heterocycles. The first-order chi connectivity index (χ1) is 19.1. The van der Waals surface area contributed by atoms with Crippen LogP contribution in [-0.4, -0.2) is 40.0 Å². The molecule has 0 unspecified atom stereocenters. The molecule has 4 aromatic rings. The lowest BCUT2D eigenvalue weighted by Gasteiger charge is -2.50. The Morgan fingerprint density at radius 2 is 1.73 bits per heavy atom. The molecule has 6 heteroatoms. The molecular formula is C34H32N2O4. The van der Waals surface area contributed by atoms with E-state index in [0.717, 1.165) is 23.1 Å². The number of hydrogen-bond acceptors (Lipinski definition) is 4. The fraction of sp³-hybridized carbons (Fsp3) is 0.265. The number of aromatic carboxylic acids is 1. The highest BCUT2D eigenvalue weighted by molar-refractivity contribution is 6.00. The highest BCUT2D eigenvalue weighted by atomic mass is 16.4. The monoisotopic (exact) mass is 532 g/mol. The number of nitrogens with zero attached hydrogens (tertiary/aromatic N) is 2. The van der Waals surface area contributed by atoms with Crippen LogP contribution in [-0.2, 0) is 0 Å². The Hall–Kier alpha value is -4.45. The number of allylic oxidation sites excluding steroid dienone is 2. The van der Waals surface area contributed by atoms with E-state index in [0.29, 0.717) is 35.7 Å². The van der Waals surface area contributed by atoms with E-state index in [1.165, 1.54) is 11.1 Å². The lowest BCUT2D eigenvalue weighted by atomic mass is 9.58. The maximum atomic E-state index is 14.0. The zero-order valence-corrected chi connectivity index (χ0v) is 23.2. The molecular weight excluding hydrogens is 500 g/mol. The van der Waals surface area contributed by atoms with Gasteiger partial charge >= 0.3 is 5.97 Å². The van der Waals surface area contributed by atoms with Gasteiger partial charge in [0.15, 0.2) is 5.58 Å². The Kier molecular flexibility index (Phi) is 6.02. The zero-order valence-electron chi connectivity index (χ0n) is 23.2. The predicted molar refractivity (Wildman–Crippen MR) is 156 cm³/mol. The van der Waals surface area contributed by atoms with Crippen LogP contribution in [0.4, 0.5) is 0 Å². The van der Waals surface area contributed by atoms with Crippen LogP contribution in [0.1, 0.15) is 59.0 Å². The van der Waals surface area contributed by atoms with E-state index in [4.69, 9.17) is 4.42 Å². The molecule has 2 heterocycles. The number of hydrogen-bond donors (Lipinski definition) is 1. The number of carbonyl (C=O) groups is 2. The molecule has 202 valence electrons. The van der Waals surface area contributed by atoms with Crippen molar-refractivity contribution in [3.8, 4) is 11.5 Å². The zero-order chi connectivity index (χ0) is 28.2. The van der Waals surface area contributed by atoms with Gasteiger partial charge in [-0.2, -0.15) is 0 Å². The van der Waals surface area contributed by atoms with Crippen LogP contribution in [0, 0.1) is 17.8 Å². The van der Waals surface area contributed by atoms with Crippen molar-refractivity contribution < 1.29 is 19.1 Å². The number of oxazole rings is 1. The Bertz CT molecular complexity index is 1720. The minimum Gasteiger partial charge on any atom is -0.478 e. The first-order valence-corrected chi connectivity index (χ1v) is 13.6. The first-order valence-electron chi connectivity index (χ1n) is 13.6. The Labute approximate surface area is 233 Å². The summed E-state index contributed by atoms with van der Waals surface area (Å²) >= 11 is 0. The van der Waals surface area contributed by atoms with Gasteiger partial charge in [-0.05, 0) is 66.4 Å². The minimum absolute atomic E-state index is 0.0394. The molecule has 1 amide bonds. The molecule has 0 spiro atoms. The molecule has 40 heavy (non-hydrogen) atoms. The second-order valence-electron chi connectivity index (χ2n) is 11.7. The summed E-state index contributed by atoms with van der Waals surface area (Å²) in [5.74, 6) is -0.518. The third kappa shape index (κ3) is 4.24. The summed E-state index contributed by atoms with van der Waals surface area (Å²) in [6.07, 6.45) is 5.26. The van der Waals surface area contributed by atoms with E-state index in [9.17, 15) is 14.7 Å². The summed E-state index contributed by atoms with van der Waals surface area (Å²) in [5, 5.41) is 9.29. The van der Waals surface area contributed by atoms with Crippen molar-refractivity contribution in [2.24, 2.45) is 10.8 Å². The molecule has 0 saturated carbocycles. The van der Waals surface area contributed by atoms with Crippen molar-refractivity contribution in [3.63, 3.8) is 0 Å². The van der Waals surface area contributed by atoms with Crippen molar-refractivity contribution in [3.05, 3.63) is 107 Å². The van der Waals surface area contributed by atoms with Crippen LogP contribution < -0.4 is 0 Å². The van der Waals surface area contributed by atoms with Crippen molar-refractivity contribution in [2.75, 3.05) is 13.1 Å². The van der Waals surface area contributed by atoms with Gasteiger partial charge in [0.05, 0.1) is 11.1 Å². The third-order valence-electron chi connectivity index (χ3n) is 8.47. The second kappa shape index (κ2) is 9.33. The number of carboxylic acid groups (broad SMARTS) is 1. The van der Waals surface area contributed by atoms with E-state index >= 15 is 0 Å². The van der Waals surface area contributed by atoms with Crippen molar-refractivity contribution in [2.45, 2.75) is 34.1 Å². The molecule has 3 aromatic carbocycles. The lowest BCUT2D eigenvalue weighted by molar-refractivity contribution is 0.0679. The van der Waals surface area contributed by atoms with Crippen LogP contribution in [0.3, 0.4) is 0 Å². The number of fused-ring (bicyclic) bond motifs is 2. The van der Waals surface area contributed by atoms with Gasteiger partial charge in [0.1, 0.15) is 5.52 Å². The summed E-state index contributed by atoms with van der Waals surface area (Å²) in [7, 11) is 0.